The molecule has 0 saturated carbocycles. The summed E-state index contributed by atoms with van der Waals surface area (Å²) in [6, 6.07) is -1.14. The standard InChI is InChI=1S/C13H21NO5/c1-5-6-9(15)7-8-10(11(16)17)14-12(18)19-13(2,3)4/h5,10H,1,6-8H2,2-4H3,(H,14,18)(H,16,17)/t10-/m0/s1. The van der Waals surface area contributed by atoms with Gasteiger partial charge in [0.2, 0.25) is 0 Å². The minimum Gasteiger partial charge on any atom is -0.480 e. The third kappa shape index (κ3) is 8.82. The number of hydrogen-bond donors (Lipinski definition) is 2. The number of carbonyl (C=O) groups excluding carboxylic acids is 2. The summed E-state index contributed by atoms with van der Waals surface area (Å²) in [5, 5.41) is 11.2. The van der Waals surface area contributed by atoms with E-state index in [-0.39, 0.29) is 25.0 Å². The molecule has 6 nitrogen and oxygen atoms in total. The monoisotopic (exact) mass is 271 g/mol. The number of alkyl carbamates (subject to hydrolysis) is 1. The molecular weight excluding hydrogens is 250 g/mol. The third-order valence-electron chi connectivity index (χ3n) is 2.07. The molecule has 0 aliphatic heterocycles. The van der Waals surface area contributed by atoms with Gasteiger partial charge in [-0.25, -0.2) is 9.59 Å². The van der Waals surface area contributed by atoms with Crippen LogP contribution in [0.1, 0.15) is 40.0 Å². The first-order valence-electron chi connectivity index (χ1n) is 6.00. The highest BCUT2D eigenvalue weighted by Gasteiger charge is 2.24. The summed E-state index contributed by atoms with van der Waals surface area (Å²) in [5.41, 5.74) is -0.703. The van der Waals surface area contributed by atoms with Crippen LogP contribution in [0.3, 0.4) is 0 Å². The fourth-order valence-corrected chi connectivity index (χ4v) is 1.28. The van der Waals surface area contributed by atoms with Crippen LogP contribution in [-0.4, -0.2) is 34.6 Å². The van der Waals surface area contributed by atoms with E-state index in [1.807, 2.05) is 0 Å². The summed E-state index contributed by atoms with van der Waals surface area (Å²) in [6.45, 7) is 8.45. The molecule has 0 aromatic rings. The molecule has 0 heterocycles. The Kier molecular flexibility index (Phi) is 6.82. The Morgan fingerprint density at radius 3 is 2.37 bits per heavy atom. The zero-order valence-electron chi connectivity index (χ0n) is 11.6. The number of carboxylic acid groups (broad SMARTS) is 1. The first-order valence-corrected chi connectivity index (χ1v) is 6.00. The summed E-state index contributed by atoms with van der Waals surface area (Å²) in [7, 11) is 0. The van der Waals surface area contributed by atoms with Crippen LogP contribution in [-0.2, 0) is 14.3 Å². The highest BCUT2D eigenvalue weighted by atomic mass is 16.6. The number of ether oxygens (including phenoxy) is 1. The van der Waals surface area contributed by atoms with Crippen molar-refractivity contribution in [2.75, 3.05) is 0 Å². The van der Waals surface area contributed by atoms with E-state index in [0.29, 0.717) is 0 Å². The molecule has 0 fully saturated rings. The van der Waals surface area contributed by atoms with Crippen LogP contribution in [0.25, 0.3) is 0 Å². The Morgan fingerprint density at radius 2 is 1.95 bits per heavy atom. The molecule has 0 aromatic heterocycles. The molecule has 6 heteroatoms. The third-order valence-corrected chi connectivity index (χ3v) is 2.07. The van der Waals surface area contributed by atoms with Crippen LogP contribution >= 0.6 is 0 Å². The van der Waals surface area contributed by atoms with Gasteiger partial charge in [-0.3, -0.25) is 4.79 Å². The number of aliphatic carboxylic acids is 1. The van der Waals surface area contributed by atoms with E-state index in [4.69, 9.17) is 9.84 Å². The smallest absolute Gasteiger partial charge is 0.408 e. The average molecular weight is 271 g/mol. The Balaban J connectivity index is 4.34. The molecule has 0 radical (unpaired) electrons. The maximum absolute atomic E-state index is 11.4. The Labute approximate surface area is 112 Å². The maximum Gasteiger partial charge on any atom is 0.408 e. The first-order chi connectivity index (χ1) is 8.65. The van der Waals surface area contributed by atoms with Crippen molar-refractivity contribution < 1.29 is 24.2 Å². The highest BCUT2D eigenvalue weighted by molar-refractivity contribution is 5.83. The van der Waals surface area contributed by atoms with E-state index in [1.54, 1.807) is 20.8 Å². The predicted octanol–water partition coefficient (Wildman–Crippen LogP) is 1.89. The second kappa shape index (κ2) is 7.56. The molecule has 0 aromatic carbocycles. The molecule has 0 unspecified atom stereocenters. The second-order valence-corrected chi connectivity index (χ2v) is 5.11. The van der Waals surface area contributed by atoms with Crippen molar-refractivity contribution in [1.29, 1.82) is 0 Å². The number of allylic oxidation sites excluding steroid dienone is 1. The van der Waals surface area contributed by atoms with Gasteiger partial charge in [0.25, 0.3) is 0 Å². The van der Waals surface area contributed by atoms with Crippen molar-refractivity contribution in [3.63, 3.8) is 0 Å². The Morgan fingerprint density at radius 1 is 1.37 bits per heavy atom. The number of ketones is 1. The molecule has 19 heavy (non-hydrogen) atoms. The Hall–Kier alpha value is -1.85. The number of amides is 1. The lowest BCUT2D eigenvalue weighted by atomic mass is 10.1. The van der Waals surface area contributed by atoms with Crippen molar-refractivity contribution in [2.45, 2.75) is 51.7 Å². The van der Waals surface area contributed by atoms with Gasteiger partial charge in [-0.2, -0.15) is 0 Å². The van der Waals surface area contributed by atoms with Gasteiger partial charge in [-0.1, -0.05) is 6.08 Å². The molecule has 0 saturated heterocycles. The zero-order chi connectivity index (χ0) is 15.1. The maximum atomic E-state index is 11.4. The number of hydrogen-bond acceptors (Lipinski definition) is 4. The van der Waals surface area contributed by atoms with E-state index in [9.17, 15) is 14.4 Å². The van der Waals surface area contributed by atoms with Crippen molar-refractivity contribution in [2.24, 2.45) is 0 Å². The summed E-state index contributed by atoms with van der Waals surface area (Å²) < 4.78 is 4.96. The second-order valence-electron chi connectivity index (χ2n) is 5.11. The average Bonchev–Trinajstić information content (AvgIpc) is 2.21. The largest absolute Gasteiger partial charge is 0.480 e. The summed E-state index contributed by atoms with van der Waals surface area (Å²) in [5.74, 6) is -1.32. The normalized spacial score (nSPS) is 12.4. The van der Waals surface area contributed by atoms with E-state index in [2.05, 4.69) is 11.9 Å². The van der Waals surface area contributed by atoms with E-state index >= 15 is 0 Å². The van der Waals surface area contributed by atoms with E-state index in [0.717, 1.165) is 0 Å². The lowest BCUT2D eigenvalue weighted by Gasteiger charge is -2.21. The highest BCUT2D eigenvalue weighted by Crippen LogP contribution is 2.08. The predicted molar refractivity (Wildman–Crippen MR) is 69.8 cm³/mol. The van der Waals surface area contributed by atoms with Crippen LogP contribution < -0.4 is 5.32 Å². The minimum atomic E-state index is -1.20. The van der Waals surface area contributed by atoms with Crippen LogP contribution in [0.2, 0.25) is 0 Å². The number of carbonyl (C=O) groups is 3. The van der Waals surface area contributed by atoms with Gasteiger partial charge in [0.05, 0.1) is 0 Å². The van der Waals surface area contributed by atoms with Crippen LogP contribution in [0.4, 0.5) is 4.79 Å². The van der Waals surface area contributed by atoms with E-state index in [1.165, 1.54) is 6.08 Å². The van der Waals surface area contributed by atoms with Gasteiger partial charge in [0, 0.05) is 12.8 Å². The van der Waals surface area contributed by atoms with Gasteiger partial charge in [0.15, 0.2) is 0 Å². The molecule has 0 aliphatic rings. The van der Waals surface area contributed by atoms with Gasteiger partial charge < -0.3 is 15.2 Å². The molecule has 0 aliphatic carbocycles. The quantitative estimate of drug-likeness (QED) is 0.690. The number of Topliss-reactive ketones (excluding diaryl/α,β-unsaturated/α-hetero) is 1. The van der Waals surface area contributed by atoms with E-state index < -0.39 is 23.7 Å². The number of rotatable bonds is 7. The fraction of sp³-hybridized carbons (Fsp3) is 0.615. The van der Waals surface area contributed by atoms with Gasteiger partial charge >= 0.3 is 12.1 Å². The molecule has 2 N–H and O–H groups in total. The van der Waals surface area contributed by atoms with Gasteiger partial charge in [-0.05, 0) is 27.2 Å². The van der Waals surface area contributed by atoms with Crippen LogP contribution in [0.15, 0.2) is 12.7 Å². The van der Waals surface area contributed by atoms with Crippen LogP contribution in [0, 0.1) is 0 Å². The lowest BCUT2D eigenvalue weighted by Crippen LogP contribution is -2.43. The zero-order valence-corrected chi connectivity index (χ0v) is 11.6. The Bertz CT molecular complexity index is 357. The topological polar surface area (TPSA) is 92.7 Å². The fourth-order valence-electron chi connectivity index (χ4n) is 1.28. The van der Waals surface area contributed by atoms with Gasteiger partial charge in [0.1, 0.15) is 17.4 Å². The van der Waals surface area contributed by atoms with Crippen molar-refractivity contribution in [3.8, 4) is 0 Å². The SMILES string of the molecule is C=CCC(=O)CC[C@H](NC(=O)OC(C)(C)C)C(=O)O. The molecule has 1 amide bonds. The first kappa shape index (κ1) is 17.2. The lowest BCUT2D eigenvalue weighted by molar-refractivity contribution is -0.139. The van der Waals surface area contributed by atoms with Crippen LogP contribution in [0.5, 0.6) is 0 Å². The van der Waals surface area contributed by atoms with Crippen molar-refractivity contribution >= 4 is 17.8 Å². The summed E-state index contributed by atoms with van der Waals surface area (Å²) in [4.78, 5) is 33.7. The molecule has 0 spiro atoms. The minimum absolute atomic E-state index is 0.0290. The number of carboxylic acids is 1. The molecule has 1 atom stereocenters. The molecule has 0 rings (SSSR count). The van der Waals surface area contributed by atoms with Gasteiger partial charge in [-0.15, -0.1) is 6.58 Å². The van der Waals surface area contributed by atoms with Crippen molar-refractivity contribution in [3.05, 3.63) is 12.7 Å². The molecule has 0 bridgehead atoms. The molecule has 108 valence electrons. The summed E-state index contributed by atoms with van der Waals surface area (Å²) in [6.07, 6.45) is 0.939. The molecular formula is C13H21NO5. The van der Waals surface area contributed by atoms with Crippen molar-refractivity contribution in [1.82, 2.24) is 5.32 Å². The number of nitrogens with one attached hydrogen (secondary N) is 1. The summed E-state index contributed by atoms with van der Waals surface area (Å²) >= 11 is 0.